The van der Waals surface area contributed by atoms with Gasteiger partial charge in [0.1, 0.15) is 0 Å². The fourth-order valence-electron chi connectivity index (χ4n) is 5.63. The Morgan fingerprint density at radius 2 is 1.72 bits per heavy atom. The molecule has 0 bridgehead atoms. The number of imidazole rings is 1. The van der Waals surface area contributed by atoms with Crippen LogP contribution in [0.25, 0.3) is 22.4 Å². The minimum Gasteiger partial charge on any atom is -0.478 e. The summed E-state index contributed by atoms with van der Waals surface area (Å²) < 4.78 is 2.21. The molecule has 202 valence electrons. The predicted octanol–water partition coefficient (Wildman–Crippen LogP) is 5.03. The zero-order valence-electron chi connectivity index (χ0n) is 21.8. The third-order valence-electron chi connectivity index (χ3n) is 7.88. The van der Waals surface area contributed by atoms with Crippen LogP contribution in [0.15, 0.2) is 48.9 Å². The number of carboxylic acid groups (broad SMARTS) is 1. The van der Waals surface area contributed by atoms with E-state index in [1.807, 2.05) is 24.7 Å². The maximum Gasteiger partial charge on any atom is 0.335 e. The average molecular weight is 528 g/mol. The third-order valence-corrected chi connectivity index (χ3v) is 7.88. The SMILES string of the molecule is O=C(O)c1ccc(-c2ccc(CNc3nc(NC4CCC(O)CC4)nc4c3ncn4C3CCCC3)cn2)cc1. The van der Waals surface area contributed by atoms with Crippen molar-refractivity contribution in [2.24, 2.45) is 0 Å². The fourth-order valence-corrected chi connectivity index (χ4v) is 5.63. The van der Waals surface area contributed by atoms with Gasteiger partial charge in [0.2, 0.25) is 5.95 Å². The number of hydrogen-bond donors (Lipinski definition) is 4. The van der Waals surface area contributed by atoms with Crippen LogP contribution in [0.2, 0.25) is 0 Å². The largest absolute Gasteiger partial charge is 0.478 e. The van der Waals surface area contributed by atoms with Gasteiger partial charge in [-0.25, -0.2) is 9.78 Å². The lowest BCUT2D eigenvalue weighted by Crippen LogP contribution is -2.29. The lowest BCUT2D eigenvalue weighted by molar-refractivity contribution is 0.0697. The summed E-state index contributed by atoms with van der Waals surface area (Å²) in [7, 11) is 0. The Morgan fingerprint density at radius 3 is 2.41 bits per heavy atom. The second-order valence-electron chi connectivity index (χ2n) is 10.6. The van der Waals surface area contributed by atoms with Crippen molar-refractivity contribution in [3.63, 3.8) is 0 Å². The number of nitrogens with one attached hydrogen (secondary N) is 2. The number of carbonyl (C=O) groups is 1. The van der Waals surface area contributed by atoms with E-state index in [2.05, 4.69) is 20.2 Å². The van der Waals surface area contributed by atoms with Crippen LogP contribution in [0.5, 0.6) is 0 Å². The van der Waals surface area contributed by atoms with E-state index >= 15 is 0 Å². The molecule has 3 aromatic heterocycles. The maximum atomic E-state index is 11.1. The normalized spacial score (nSPS) is 19.8. The number of aliphatic hydroxyl groups excluding tert-OH is 1. The Hall–Kier alpha value is -4.05. The first kappa shape index (κ1) is 25.2. The topological polar surface area (TPSA) is 138 Å². The van der Waals surface area contributed by atoms with E-state index in [0.717, 1.165) is 66.5 Å². The number of hydrogen-bond acceptors (Lipinski definition) is 8. The van der Waals surface area contributed by atoms with E-state index in [1.165, 1.54) is 12.8 Å². The van der Waals surface area contributed by atoms with Crippen molar-refractivity contribution in [3.8, 4) is 11.3 Å². The molecule has 4 aromatic rings. The molecule has 2 fully saturated rings. The highest BCUT2D eigenvalue weighted by molar-refractivity contribution is 5.88. The van der Waals surface area contributed by atoms with Gasteiger partial charge < -0.3 is 25.4 Å². The molecule has 0 radical (unpaired) electrons. The lowest BCUT2D eigenvalue weighted by atomic mass is 9.93. The van der Waals surface area contributed by atoms with E-state index in [9.17, 15) is 9.90 Å². The molecular formula is C29H33N7O3. The van der Waals surface area contributed by atoms with Crippen LogP contribution in [0.1, 0.15) is 73.3 Å². The van der Waals surface area contributed by atoms with Gasteiger partial charge in [0, 0.05) is 30.4 Å². The molecule has 0 amide bonds. The van der Waals surface area contributed by atoms with Gasteiger partial charge in [-0.1, -0.05) is 31.0 Å². The molecule has 2 saturated carbocycles. The third kappa shape index (κ3) is 5.56. The Morgan fingerprint density at radius 1 is 0.949 bits per heavy atom. The van der Waals surface area contributed by atoms with Crippen molar-refractivity contribution in [2.45, 2.75) is 76.1 Å². The van der Waals surface area contributed by atoms with Gasteiger partial charge in [0.05, 0.1) is 23.7 Å². The number of benzene rings is 1. The van der Waals surface area contributed by atoms with Gasteiger partial charge in [0.25, 0.3) is 0 Å². The smallest absolute Gasteiger partial charge is 0.335 e. The Balaban J connectivity index is 1.22. The number of fused-ring (bicyclic) bond motifs is 1. The minimum atomic E-state index is -0.946. The number of pyridine rings is 1. The number of aromatic carboxylic acids is 1. The van der Waals surface area contributed by atoms with Gasteiger partial charge in [-0.3, -0.25) is 4.98 Å². The second kappa shape index (κ2) is 11.0. The van der Waals surface area contributed by atoms with Crippen LogP contribution >= 0.6 is 0 Å². The average Bonchev–Trinajstić information content (AvgIpc) is 3.64. The maximum absolute atomic E-state index is 11.1. The molecule has 0 unspecified atom stereocenters. The molecule has 0 spiro atoms. The molecule has 0 saturated heterocycles. The molecule has 39 heavy (non-hydrogen) atoms. The molecule has 4 N–H and O–H groups in total. The van der Waals surface area contributed by atoms with Crippen molar-refractivity contribution in [3.05, 3.63) is 60.0 Å². The molecule has 2 aliphatic carbocycles. The van der Waals surface area contributed by atoms with Gasteiger partial charge >= 0.3 is 5.97 Å². The second-order valence-corrected chi connectivity index (χ2v) is 10.6. The highest BCUT2D eigenvalue weighted by Crippen LogP contribution is 2.33. The molecule has 0 aliphatic heterocycles. The first-order valence-corrected chi connectivity index (χ1v) is 13.7. The summed E-state index contributed by atoms with van der Waals surface area (Å²) in [4.78, 5) is 30.1. The molecule has 2 aliphatic rings. The highest BCUT2D eigenvalue weighted by atomic mass is 16.4. The number of anilines is 2. The van der Waals surface area contributed by atoms with Crippen molar-refractivity contribution < 1.29 is 15.0 Å². The van der Waals surface area contributed by atoms with Crippen molar-refractivity contribution in [2.75, 3.05) is 10.6 Å². The van der Waals surface area contributed by atoms with Crippen molar-refractivity contribution in [1.82, 2.24) is 24.5 Å². The van der Waals surface area contributed by atoms with Crippen LogP contribution in [-0.4, -0.2) is 52.8 Å². The molecule has 3 heterocycles. The molecule has 6 rings (SSSR count). The van der Waals surface area contributed by atoms with Crippen LogP contribution in [-0.2, 0) is 6.54 Å². The van der Waals surface area contributed by atoms with Gasteiger partial charge in [-0.15, -0.1) is 0 Å². The van der Waals surface area contributed by atoms with E-state index in [0.29, 0.717) is 24.4 Å². The summed E-state index contributed by atoms with van der Waals surface area (Å²) in [6.07, 6.45) is 11.6. The standard InChI is InChI=1S/C29H33N7O3/c37-23-12-10-21(11-13-23)33-29-34-26(25-27(35-29)36(17-32-25)22-3-1-2-4-22)31-16-18-5-14-24(30-15-18)19-6-8-20(9-7-19)28(38)39/h5-9,14-15,17,21-23,37H,1-4,10-13,16H2,(H,38,39)(H2,31,33,34,35). The number of aromatic nitrogens is 5. The summed E-state index contributed by atoms with van der Waals surface area (Å²) in [5, 5.41) is 26.0. The van der Waals surface area contributed by atoms with Gasteiger partial charge in [0.15, 0.2) is 17.0 Å². The predicted molar refractivity (Wildman–Crippen MR) is 149 cm³/mol. The van der Waals surface area contributed by atoms with E-state index < -0.39 is 5.97 Å². The van der Waals surface area contributed by atoms with E-state index in [-0.39, 0.29) is 17.7 Å². The molecule has 0 atom stereocenters. The minimum absolute atomic E-state index is 0.212. The highest BCUT2D eigenvalue weighted by Gasteiger charge is 2.24. The monoisotopic (exact) mass is 527 g/mol. The first-order valence-electron chi connectivity index (χ1n) is 13.7. The number of carboxylic acids is 1. The summed E-state index contributed by atoms with van der Waals surface area (Å²) in [5.41, 5.74) is 4.48. The van der Waals surface area contributed by atoms with E-state index in [4.69, 9.17) is 20.1 Å². The Kier molecular flexibility index (Phi) is 7.10. The van der Waals surface area contributed by atoms with Crippen molar-refractivity contribution >= 4 is 28.9 Å². The zero-order chi connectivity index (χ0) is 26.8. The Labute approximate surface area is 226 Å². The molecule has 1 aromatic carbocycles. The lowest BCUT2D eigenvalue weighted by Gasteiger charge is -2.26. The number of aliphatic hydroxyl groups is 1. The summed E-state index contributed by atoms with van der Waals surface area (Å²) in [6.45, 7) is 0.517. The van der Waals surface area contributed by atoms with Crippen LogP contribution < -0.4 is 10.6 Å². The molecule has 10 heteroatoms. The van der Waals surface area contributed by atoms with Crippen LogP contribution in [0.3, 0.4) is 0 Å². The summed E-state index contributed by atoms with van der Waals surface area (Å²) in [5.74, 6) is 0.326. The zero-order valence-corrected chi connectivity index (χ0v) is 21.8. The fraction of sp³-hybridized carbons (Fsp3) is 0.414. The quantitative estimate of drug-likeness (QED) is 0.248. The summed E-state index contributed by atoms with van der Waals surface area (Å²) in [6, 6.07) is 11.3. The van der Waals surface area contributed by atoms with Gasteiger partial charge in [-0.05, 0) is 62.3 Å². The Bertz CT molecular complexity index is 1440. The molecule has 10 nitrogen and oxygen atoms in total. The first-order chi connectivity index (χ1) is 19.0. The molecular weight excluding hydrogens is 494 g/mol. The van der Waals surface area contributed by atoms with Crippen molar-refractivity contribution in [1.29, 1.82) is 0 Å². The number of nitrogens with zero attached hydrogens (tertiary/aromatic N) is 5. The van der Waals surface area contributed by atoms with Crippen LogP contribution in [0.4, 0.5) is 11.8 Å². The van der Waals surface area contributed by atoms with E-state index in [1.54, 1.807) is 24.3 Å². The summed E-state index contributed by atoms with van der Waals surface area (Å²) >= 11 is 0. The number of rotatable bonds is 8. The van der Waals surface area contributed by atoms with Gasteiger partial charge in [-0.2, -0.15) is 9.97 Å². The van der Waals surface area contributed by atoms with Crippen LogP contribution in [0, 0.1) is 0 Å².